The fourth-order valence-corrected chi connectivity index (χ4v) is 2.19. The minimum atomic E-state index is -0.770. The number of hydrogen-bond acceptors (Lipinski definition) is 3. The molecule has 0 aliphatic heterocycles. The predicted octanol–water partition coefficient (Wildman–Crippen LogP) is 0.533. The van der Waals surface area contributed by atoms with E-state index in [1.54, 1.807) is 0 Å². The number of likely N-dealkylation sites (N-methyl/N-ethyl adjacent to an activating group) is 1. The van der Waals surface area contributed by atoms with Crippen LogP contribution in [0.25, 0.3) is 0 Å². The van der Waals surface area contributed by atoms with Gasteiger partial charge >= 0.3 is 5.97 Å². The molecule has 2 unspecified atom stereocenters. The summed E-state index contributed by atoms with van der Waals surface area (Å²) in [6.07, 6.45) is 4.73. The van der Waals surface area contributed by atoms with E-state index in [0.717, 1.165) is 6.42 Å². The highest BCUT2D eigenvalue weighted by Crippen LogP contribution is 2.21. The third-order valence-electron chi connectivity index (χ3n) is 2.91. The highest BCUT2D eigenvalue weighted by Gasteiger charge is 2.26. The monoisotopic (exact) mass is 200 g/mol. The summed E-state index contributed by atoms with van der Waals surface area (Å²) in [5.74, 6) is -0.770. The molecule has 0 spiro atoms. The number of nitrogens with zero attached hydrogens (tertiary/aromatic N) is 1. The maximum atomic E-state index is 10.4. The summed E-state index contributed by atoms with van der Waals surface area (Å²) in [4.78, 5) is 12.6. The van der Waals surface area contributed by atoms with E-state index in [-0.39, 0.29) is 6.54 Å². The first-order chi connectivity index (χ1) is 6.61. The van der Waals surface area contributed by atoms with Crippen LogP contribution in [0.5, 0.6) is 0 Å². The quantitative estimate of drug-likeness (QED) is 0.695. The molecule has 0 saturated heterocycles. The normalized spacial score (nSPS) is 27.9. The van der Waals surface area contributed by atoms with Crippen molar-refractivity contribution in [1.82, 2.24) is 10.2 Å². The summed E-state index contributed by atoms with van der Waals surface area (Å²) in [6, 6.07) is 0.831. The van der Waals surface area contributed by atoms with E-state index in [1.807, 2.05) is 0 Å². The van der Waals surface area contributed by atoms with Gasteiger partial charge in [-0.2, -0.15) is 0 Å². The Kier molecular flexibility index (Phi) is 4.35. The maximum absolute atomic E-state index is 10.4. The lowest BCUT2D eigenvalue weighted by atomic mass is 9.89. The summed E-state index contributed by atoms with van der Waals surface area (Å²) in [6.45, 7) is 0.0784. The molecule has 2 N–H and O–H groups in total. The third-order valence-corrected chi connectivity index (χ3v) is 2.91. The van der Waals surface area contributed by atoms with Gasteiger partial charge in [0.25, 0.3) is 0 Å². The van der Waals surface area contributed by atoms with Gasteiger partial charge < -0.3 is 15.3 Å². The Morgan fingerprint density at radius 1 is 1.43 bits per heavy atom. The van der Waals surface area contributed by atoms with Crippen molar-refractivity contribution in [3.63, 3.8) is 0 Å². The summed E-state index contributed by atoms with van der Waals surface area (Å²) in [7, 11) is 4.12. The second-order valence-electron chi connectivity index (χ2n) is 4.20. The van der Waals surface area contributed by atoms with Crippen LogP contribution in [-0.2, 0) is 4.79 Å². The van der Waals surface area contributed by atoms with Crippen molar-refractivity contribution in [1.29, 1.82) is 0 Å². The molecule has 82 valence electrons. The molecule has 4 heteroatoms. The van der Waals surface area contributed by atoms with Crippen LogP contribution in [0.1, 0.15) is 25.7 Å². The zero-order chi connectivity index (χ0) is 10.6. The Balaban J connectivity index is 2.41. The molecule has 0 aromatic rings. The van der Waals surface area contributed by atoms with E-state index in [1.165, 1.54) is 19.3 Å². The molecule has 1 saturated carbocycles. The molecule has 2 atom stereocenters. The van der Waals surface area contributed by atoms with Crippen LogP contribution >= 0.6 is 0 Å². The molecule has 0 heterocycles. The molecule has 1 aliphatic rings. The Hall–Kier alpha value is -0.610. The van der Waals surface area contributed by atoms with Crippen LogP contribution in [0.15, 0.2) is 0 Å². The zero-order valence-corrected chi connectivity index (χ0v) is 8.99. The Labute approximate surface area is 85.3 Å². The van der Waals surface area contributed by atoms with Gasteiger partial charge in [0, 0.05) is 12.1 Å². The Bertz CT molecular complexity index is 195. The lowest BCUT2D eigenvalue weighted by Gasteiger charge is -2.36. The van der Waals surface area contributed by atoms with Crippen molar-refractivity contribution < 1.29 is 9.90 Å². The number of rotatable bonds is 4. The second-order valence-corrected chi connectivity index (χ2v) is 4.20. The van der Waals surface area contributed by atoms with Gasteiger partial charge in [-0.15, -0.1) is 0 Å². The lowest BCUT2D eigenvalue weighted by molar-refractivity contribution is -0.136. The summed E-state index contributed by atoms with van der Waals surface area (Å²) in [5, 5.41) is 11.7. The number of carboxylic acids is 1. The topological polar surface area (TPSA) is 52.6 Å². The summed E-state index contributed by atoms with van der Waals surface area (Å²) >= 11 is 0. The van der Waals surface area contributed by atoms with Crippen LogP contribution in [-0.4, -0.2) is 48.7 Å². The third kappa shape index (κ3) is 3.27. The van der Waals surface area contributed by atoms with Gasteiger partial charge in [-0.3, -0.25) is 4.79 Å². The highest BCUT2D eigenvalue weighted by molar-refractivity contribution is 5.69. The zero-order valence-electron chi connectivity index (χ0n) is 8.99. The van der Waals surface area contributed by atoms with E-state index in [2.05, 4.69) is 24.3 Å². The van der Waals surface area contributed by atoms with E-state index in [4.69, 9.17) is 5.11 Å². The first kappa shape index (κ1) is 11.5. The molecular weight excluding hydrogens is 180 g/mol. The molecule has 14 heavy (non-hydrogen) atoms. The van der Waals surface area contributed by atoms with Crippen LogP contribution in [0, 0.1) is 0 Å². The largest absolute Gasteiger partial charge is 0.480 e. The van der Waals surface area contributed by atoms with E-state index >= 15 is 0 Å². The number of aliphatic carboxylic acids is 1. The molecule has 4 nitrogen and oxygen atoms in total. The van der Waals surface area contributed by atoms with Crippen molar-refractivity contribution >= 4 is 5.97 Å². The van der Waals surface area contributed by atoms with E-state index in [0.29, 0.717) is 12.1 Å². The molecule has 0 aromatic heterocycles. The second kappa shape index (κ2) is 5.32. The fourth-order valence-electron chi connectivity index (χ4n) is 2.19. The molecule has 0 amide bonds. The average molecular weight is 200 g/mol. The standard InChI is InChI=1S/C10H20N2O2/c1-12(2)9-6-4-3-5-8(9)11-7-10(13)14/h8-9,11H,3-7H2,1-2H3,(H,13,14). The van der Waals surface area contributed by atoms with Gasteiger partial charge in [0.15, 0.2) is 0 Å². The molecule has 1 fully saturated rings. The van der Waals surface area contributed by atoms with Crippen molar-refractivity contribution in [2.24, 2.45) is 0 Å². The molecule has 0 radical (unpaired) electrons. The maximum Gasteiger partial charge on any atom is 0.317 e. The summed E-state index contributed by atoms with van der Waals surface area (Å²) < 4.78 is 0. The van der Waals surface area contributed by atoms with Gasteiger partial charge in [0.05, 0.1) is 6.54 Å². The molecular formula is C10H20N2O2. The van der Waals surface area contributed by atoms with Gasteiger partial charge in [-0.1, -0.05) is 12.8 Å². The molecule has 0 bridgehead atoms. The minimum absolute atomic E-state index is 0.0784. The number of nitrogens with one attached hydrogen (secondary N) is 1. The number of hydrogen-bond donors (Lipinski definition) is 2. The van der Waals surface area contributed by atoms with Gasteiger partial charge in [0.1, 0.15) is 0 Å². The van der Waals surface area contributed by atoms with Gasteiger partial charge in [-0.05, 0) is 26.9 Å². The van der Waals surface area contributed by atoms with Crippen molar-refractivity contribution in [2.45, 2.75) is 37.8 Å². The van der Waals surface area contributed by atoms with Crippen LogP contribution < -0.4 is 5.32 Å². The fraction of sp³-hybridized carbons (Fsp3) is 0.900. The SMILES string of the molecule is CN(C)C1CCCCC1NCC(=O)O. The predicted molar refractivity (Wildman–Crippen MR) is 55.4 cm³/mol. The minimum Gasteiger partial charge on any atom is -0.480 e. The van der Waals surface area contributed by atoms with Crippen LogP contribution in [0.2, 0.25) is 0 Å². The molecule has 1 aliphatic carbocycles. The highest BCUT2D eigenvalue weighted by atomic mass is 16.4. The average Bonchev–Trinajstić information content (AvgIpc) is 2.15. The van der Waals surface area contributed by atoms with E-state index in [9.17, 15) is 4.79 Å². The van der Waals surface area contributed by atoms with Crippen molar-refractivity contribution in [2.75, 3.05) is 20.6 Å². The molecule has 1 rings (SSSR count). The first-order valence-corrected chi connectivity index (χ1v) is 5.23. The number of carboxylic acid groups (broad SMARTS) is 1. The van der Waals surface area contributed by atoms with Crippen molar-refractivity contribution in [3.8, 4) is 0 Å². The van der Waals surface area contributed by atoms with Crippen LogP contribution in [0.4, 0.5) is 0 Å². The van der Waals surface area contributed by atoms with E-state index < -0.39 is 5.97 Å². The Morgan fingerprint density at radius 3 is 2.64 bits per heavy atom. The first-order valence-electron chi connectivity index (χ1n) is 5.23. The van der Waals surface area contributed by atoms with Crippen LogP contribution in [0.3, 0.4) is 0 Å². The smallest absolute Gasteiger partial charge is 0.317 e. The number of carbonyl (C=O) groups is 1. The van der Waals surface area contributed by atoms with Crippen molar-refractivity contribution in [3.05, 3.63) is 0 Å². The lowest BCUT2D eigenvalue weighted by Crippen LogP contribution is -2.50. The summed E-state index contributed by atoms with van der Waals surface area (Å²) in [5.41, 5.74) is 0. The van der Waals surface area contributed by atoms with Gasteiger partial charge in [0.2, 0.25) is 0 Å². The van der Waals surface area contributed by atoms with Gasteiger partial charge in [-0.25, -0.2) is 0 Å². The molecule has 0 aromatic carbocycles. The Morgan fingerprint density at radius 2 is 2.07 bits per heavy atom.